The van der Waals surface area contributed by atoms with Crippen molar-refractivity contribution < 1.29 is 4.79 Å². The number of carbonyl (C=O) groups excluding carboxylic acids is 1. The summed E-state index contributed by atoms with van der Waals surface area (Å²) < 4.78 is 2.16. The van der Waals surface area contributed by atoms with Gasteiger partial charge in [0.2, 0.25) is 0 Å². The van der Waals surface area contributed by atoms with Gasteiger partial charge < -0.3 is 5.32 Å². The smallest absolute Gasteiger partial charge is 0.261 e. The molecule has 1 aromatic heterocycles. The van der Waals surface area contributed by atoms with Gasteiger partial charge in [-0.3, -0.25) is 4.79 Å². The van der Waals surface area contributed by atoms with Crippen molar-refractivity contribution in [2.45, 2.75) is 36.9 Å². The van der Waals surface area contributed by atoms with Crippen LogP contribution in [-0.2, 0) is 0 Å². The standard InChI is InChI=1S/C13H17Br2NOS2/c1-18-13(5-3-2-4-6-13)8-16-12(17)10-7-9(14)11(15)19-10/h7H,2-6,8H2,1H3,(H,16,17). The molecule has 1 heterocycles. The van der Waals surface area contributed by atoms with E-state index in [0.717, 1.165) is 19.7 Å². The fraction of sp³-hybridized carbons (Fsp3) is 0.615. The molecule has 1 saturated carbocycles. The quantitative estimate of drug-likeness (QED) is 0.727. The molecule has 6 heteroatoms. The maximum Gasteiger partial charge on any atom is 0.261 e. The Morgan fingerprint density at radius 3 is 2.63 bits per heavy atom. The third kappa shape index (κ3) is 3.99. The molecule has 0 unspecified atom stereocenters. The Bertz CT molecular complexity index is 436. The van der Waals surface area contributed by atoms with Crippen molar-refractivity contribution in [3.63, 3.8) is 0 Å². The number of carbonyl (C=O) groups is 1. The zero-order valence-corrected chi connectivity index (χ0v) is 15.6. The molecular weight excluding hydrogens is 410 g/mol. The average molecular weight is 427 g/mol. The van der Waals surface area contributed by atoms with Gasteiger partial charge in [0.05, 0.1) is 8.66 Å². The lowest BCUT2D eigenvalue weighted by atomic mass is 9.88. The van der Waals surface area contributed by atoms with Crippen molar-refractivity contribution in [2.75, 3.05) is 12.8 Å². The molecule has 19 heavy (non-hydrogen) atoms. The van der Waals surface area contributed by atoms with Gasteiger partial charge in [-0.1, -0.05) is 19.3 Å². The van der Waals surface area contributed by atoms with Crippen LogP contribution in [0.1, 0.15) is 41.8 Å². The first-order chi connectivity index (χ1) is 9.06. The van der Waals surface area contributed by atoms with E-state index in [9.17, 15) is 4.79 Å². The molecule has 1 aromatic rings. The number of nitrogens with one attached hydrogen (secondary N) is 1. The second kappa shape index (κ2) is 6.96. The summed E-state index contributed by atoms with van der Waals surface area (Å²) in [6, 6.07) is 1.87. The van der Waals surface area contributed by atoms with E-state index in [2.05, 4.69) is 43.4 Å². The molecule has 2 rings (SSSR count). The summed E-state index contributed by atoms with van der Waals surface area (Å²) in [6.07, 6.45) is 8.50. The number of thioether (sulfide) groups is 1. The minimum absolute atomic E-state index is 0.0374. The maximum atomic E-state index is 12.2. The summed E-state index contributed by atoms with van der Waals surface area (Å²) in [5, 5.41) is 3.11. The van der Waals surface area contributed by atoms with Crippen molar-refractivity contribution in [2.24, 2.45) is 0 Å². The van der Waals surface area contributed by atoms with Crippen LogP contribution in [0, 0.1) is 0 Å². The third-order valence-corrected chi connectivity index (χ3v) is 8.31. The van der Waals surface area contributed by atoms with Crippen molar-refractivity contribution in [3.8, 4) is 0 Å². The second-order valence-corrected chi connectivity index (χ2v) is 9.36. The number of rotatable bonds is 4. The van der Waals surface area contributed by atoms with E-state index in [4.69, 9.17) is 0 Å². The largest absolute Gasteiger partial charge is 0.350 e. The SMILES string of the molecule is CSC1(CNC(=O)c2cc(Br)c(Br)s2)CCCCC1. The number of thiophene rings is 1. The van der Waals surface area contributed by atoms with Gasteiger partial charge in [0.15, 0.2) is 0 Å². The maximum absolute atomic E-state index is 12.2. The van der Waals surface area contributed by atoms with Crippen molar-refractivity contribution >= 4 is 60.9 Å². The van der Waals surface area contributed by atoms with E-state index in [1.165, 1.54) is 43.4 Å². The lowest BCUT2D eigenvalue weighted by molar-refractivity contribution is 0.0951. The lowest BCUT2D eigenvalue weighted by Gasteiger charge is -2.35. The van der Waals surface area contributed by atoms with E-state index in [0.29, 0.717) is 0 Å². The normalized spacial score (nSPS) is 18.3. The van der Waals surface area contributed by atoms with Crippen LogP contribution in [0.5, 0.6) is 0 Å². The lowest BCUT2D eigenvalue weighted by Crippen LogP contribution is -2.41. The van der Waals surface area contributed by atoms with Gasteiger partial charge in [0.1, 0.15) is 0 Å². The molecule has 1 fully saturated rings. The summed E-state index contributed by atoms with van der Waals surface area (Å²) in [4.78, 5) is 12.9. The van der Waals surface area contributed by atoms with Crippen LogP contribution in [-0.4, -0.2) is 23.5 Å². The second-order valence-electron chi connectivity index (χ2n) is 4.86. The first kappa shape index (κ1) is 15.9. The highest BCUT2D eigenvalue weighted by atomic mass is 79.9. The molecule has 1 aliphatic rings. The topological polar surface area (TPSA) is 29.1 Å². The fourth-order valence-corrected chi connectivity index (χ4v) is 5.30. The Morgan fingerprint density at radius 1 is 1.42 bits per heavy atom. The predicted molar refractivity (Wildman–Crippen MR) is 91.4 cm³/mol. The molecular formula is C13H17Br2NOS2. The Hall–Kier alpha value is 0.480. The van der Waals surface area contributed by atoms with E-state index < -0.39 is 0 Å². The summed E-state index contributed by atoms with van der Waals surface area (Å²) in [5.74, 6) is 0.0374. The molecule has 1 amide bonds. The minimum Gasteiger partial charge on any atom is -0.350 e. The van der Waals surface area contributed by atoms with Gasteiger partial charge in [-0.05, 0) is 57.0 Å². The molecule has 1 N–H and O–H groups in total. The monoisotopic (exact) mass is 425 g/mol. The molecule has 0 spiro atoms. The van der Waals surface area contributed by atoms with Gasteiger partial charge in [-0.15, -0.1) is 11.3 Å². The van der Waals surface area contributed by atoms with Crippen molar-refractivity contribution in [1.29, 1.82) is 0 Å². The minimum atomic E-state index is 0.0374. The van der Waals surface area contributed by atoms with Crippen LogP contribution >= 0.6 is 55.0 Å². The Balaban J connectivity index is 1.95. The highest BCUT2D eigenvalue weighted by Gasteiger charge is 2.31. The Morgan fingerprint density at radius 2 is 2.11 bits per heavy atom. The van der Waals surface area contributed by atoms with Crippen molar-refractivity contribution in [3.05, 3.63) is 19.2 Å². The van der Waals surface area contributed by atoms with Gasteiger partial charge in [-0.25, -0.2) is 0 Å². The van der Waals surface area contributed by atoms with Crippen LogP contribution in [0.2, 0.25) is 0 Å². The van der Waals surface area contributed by atoms with Gasteiger partial charge >= 0.3 is 0 Å². The molecule has 0 aliphatic heterocycles. The van der Waals surface area contributed by atoms with E-state index in [1.807, 2.05) is 17.8 Å². The van der Waals surface area contributed by atoms with Gasteiger partial charge in [0, 0.05) is 15.8 Å². The Kier molecular flexibility index (Phi) is 5.81. The van der Waals surface area contributed by atoms with Gasteiger partial charge in [-0.2, -0.15) is 11.8 Å². The molecule has 0 bridgehead atoms. The third-order valence-electron chi connectivity index (χ3n) is 3.64. The molecule has 0 atom stereocenters. The number of amides is 1. The zero-order chi connectivity index (χ0) is 13.9. The first-order valence-electron chi connectivity index (χ1n) is 6.34. The van der Waals surface area contributed by atoms with E-state index in [-0.39, 0.29) is 10.7 Å². The molecule has 0 saturated heterocycles. The summed E-state index contributed by atoms with van der Waals surface area (Å²) in [5.41, 5.74) is 0. The van der Waals surface area contributed by atoms with Gasteiger partial charge in [0.25, 0.3) is 5.91 Å². The molecule has 0 radical (unpaired) electrons. The average Bonchev–Trinajstić information content (AvgIpc) is 2.77. The highest BCUT2D eigenvalue weighted by Crippen LogP contribution is 2.38. The summed E-state index contributed by atoms with van der Waals surface area (Å²) in [7, 11) is 0. The van der Waals surface area contributed by atoms with Crippen LogP contribution in [0.4, 0.5) is 0 Å². The number of halogens is 2. The summed E-state index contributed by atoms with van der Waals surface area (Å²) in [6.45, 7) is 0.778. The molecule has 0 aromatic carbocycles. The van der Waals surface area contributed by atoms with Crippen molar-refractivity contribution in [1.82, 2.24) is 5.32 Å². The zero-order valence-electron chi connectivity index (χ0n) is 10.8. The van der Waals surface area contributed by atoms with E-state index >= 15 is 0 Å². The number of hydrogen-bond acceptors (Lipinski definition) is 3. The van der Waals surface area contributed by atoms with Crippen LogP contribution in [0.15, 0.2) is 14.3 Å². The first-order valence-corrected chi connectivity index (χ1v) is 9.97. The fourth-order valence-electron chi connectivity index (χ4n) is 2.44. The summed E-state index contributed by atoms with van der Waals surface area (Å²) >= 11 is 10.2. The van der Waals surface area contributed by atoms with Crippen LogP contribution in [0.3, 0.4) is 0 Å². The highest BCUT2D eigenvalue weighted by molar-refractivity contribution is 9.13. The predicted octanol–water partition coefficient (Wildman–Crippen LogP) is 5.07. The molecule has 1 aliphatic carbocycles. The number of hydrogen-bond donors (Lipinski definition) is 1. The van der Waals surface area contributed by atoms with Crippen LogP contribution < -0.4 is 5.32 Å². The molecule has 2 nitrogen and oxygen atoms in total. The van der Waals surface area contributed by atoms with E-state index in [1.54, 1.807) is 0 Å². The molecule has 106 valence electrons. The van der Waals surface area contributed by atoms with Crippen LogP contribution in [0.25, 0.3) is 0 Å². The Labute approximate surface area is 139 Å².